The SMILES string of the molecule is Cc1cc2nc(CCN)n(CC(O)CO)c2cc1C. The zero-order valence-corrected chi connectivity index (χ0v) is 11.4. The molecule has 0 radical (unpaired) electrons. The summed E-state index contributed by atoms with van der Waals surface area (Å²) in [5.74, 6) is 0.856. The fourth-order valence-corrected chi connectivity index (χ4v) is 2.22. The topological polar surface area (TPSA) is 84.3 Å². The maximum absolute atomic E-state index is 9.68. The molecule has 0 saturated carbocycles. The lowest BCUT2D eigenvalue weighted by Gasteiger charge is -2.12. The highest BCUT2D eigenvalue weighted by molar-refractivity contribution is 5.78. The average Bonchev–Trinajstić information content (AvgIpc) is 2.68. The maximum Gasteiger partial charge on any atom is 0.111 e. The van der Waals surface area contributed by atoms with Crippen LogP contribution >= 0.6 is 0 Å². The summed E-state index contributed by atoms with van der Waals surface area (Å²) in [5.41, 5.74) is 9.89. The van der Waals surface area contributed by atoms with Crippen LogP contribution in [-0.4, -0.2) is 39.0 Å². The number of benzene rings is 1. The minimum atomic E-state index is -0.782. The summed E-state index contributed by atoms with van der Waals surface area (Å²) in [6, 6.07) is 4.12. The van der Waals surface area contributed by atoms with Crippen LogP contribution in [0.2, 0.25) is 0 Å². The molecule has 19 heavy (non-hydrogen) atoms. The molecule has 1 aromatic heterocycles. The fraction of sp³-hybridized carbons (Fsp3) is 0.500. The molecule has 0 saturated heterocycles. The number of imidazole rings is 1. The van der Waals surface area contributed by atoms with Gasteiger partial charge in [-0.05, 0) is 43.7 Å². The second-order valence-corrected chi connectivity index (χ2v) is 4.94. The predicted octanol–water partition coefficient (Wildman–Crippen LogP) is 0.508. The highest BCUT2D eigenvalue weighted by Crippen LogP contribution is 2.21. The van der Waals surface area contributed by atoms with E-state index in [2.05, 4.69) is 24.9 Å². The van der Waals surface area contributed by atoms with Crippen LogP contribution < -0.4 is 5.73 Å². The van der Waals surface area contributed by atoms with Gasteiger partial charge in [0.2, 0.25) is 0 Å². The highest BCUT2D eigenvalue weighted by Gasteiger charge is 2.14. The molecule has 0 amide bonds. The third-order valence-electron chi connectivity index (χ3n) is 3.41. The minimum Gasteiger partial charge on any atom is -0.394 e. The molecule has 0 spiro atoms. The van der Waals surface area contributed by atoms with Crippen LogP contribution in [0.5, 0.6) is 0 Å². The van der Waals surface area contributed by atoms with Gasteiger partial charge in [0.25, 0.3) is 0 Å². The van der Waals surface area contributed by atoms with Gasteiger partial charge in [0.15, 0.2) is 0 Å². The maximum atomic E-state index is 9.68. The molecule has 4 N–H and O–H groups in total. The van der Waals surface area contributed by atoms with E-state index in [-0.39, 0.29) is 6.61 Å². The van der Waals surface area contributed by atoms with E-state index < -0.39 is 6.10 Å². The van der Waals surface area contributed by atoms with E-state index in [1.165, 1.54) is 11.1 Å². The van der Waals surface area contributed by atoms with Gasteiger partial charge < -0.3 is 20.5 Å². The zero-order chi connectivity index (χ0) is 14.0. The summed E-state index contributed by atoms with van der Waals surface area (Å²) in [4.78, 5) is 4.58. The van der Waals surface area contributed by atoms with Gasteiger partial charge in [-0.1, -0.05) is 0 Å². The molecule has 0 aliphatic rings. The van der Waals surface area contributed by atoms with Crippen LogP contribution in [-0.2, 0) is 13.0 Å². The predicted molar refractivity (Wildman–Crippen MR) is 75.1 cm³/mol. The smallest absolute Gasteiger partial charge is 0.111 e. The summed E-state index contributed by atoms with van der Waals surface area (Å²) in [6.45, 7) is 4.70. The summed E-state index contributed by atoms with van der Waals surface area (Å²) in [6.07, 6.45) is -0.124. The van der Waals surface area contributed by atoms with Gasteiger partial charge in [-0.3, -0.25) is 0 Å². The Morgan fingerprint density at radius 3 is 2.63 bits per heavy atom. The van der Waals surface area contributed by atoms with Crippen molar-refractivity contribution in [3.05, 3.63) is 29.1 Å². The van der Waals surface area contributed by atoms with E-state index in [4.69, 9.17) is 10.8 Å². The number of fused-ring (bicyclic) bond motifs is 1. The molecular weight excluding hydrogens is 242 g/mol. The van der Waals surface area contributed by atoms with Gasteiger partial charge >= 0.3 is 0 Å². The zero-order valence-electron chi connectivity index (χ0n) is 11.4. The Morgan fingerprint density at radius 1 is 1.32 bits per heavy atom. The number of hydrogen-bond acceptors (Lipinski definition) is 4. The first-order valence-electron chi connectivity index (χ1n) is 6.52. The number of nitrogens with zero attached hydrogens (tertiary/aromatic N) is 2. The fourth-order valence-electron chi connectivity index (χ4n) is 2.22. The first kappa shape index (κ1) is 14.0. The second-order valence-electron chi connectivity index (χ2n) is 4.94. The van der Waals surface area contributed by atoms with Crippen molar-refractivity contribution >= 4 is 11.0 Å². The Hall–Kier alpha value is -1.43. The monoisotopic (exact) mass is 263 g/mol. The normalized spacial score (nSPS) is 13.1. The van der Waals surface area contributed by atoms with Crippen molar-refractivity contribution < 1.29 is 10.2 Å². The molecule has 5 nitrogen and oxygen atoms in total. The van der Waals surface area contributed by atoms with E-state index in [0.29, 0.717) is 19.5 Å². The average molecular weight is 263 g/mol. The number of aromatic nitrogens is 2. The summed E-state index contributed by atoms with van der Waals surface area (Å²) in [5, 5.41) is 18.7. The molecule has 0 fully saturated rings. The molecule has 0 bridgehead atoms. The first-order chi connectivity index (χ1) is 9.06. The molecule has 5 heteroatoms. The van der Waals surface area contributed by atoms with Gasteiger partial charge in [0.1, 0.15) is 5.82 Å². The lowest BCUT2D eigenvalue weighted by atomic mass is 10.1. The van der Waals surface area contributed by atoms with Crippen molar-refractivity contribution in [2.75, 3.05) is 13.2 Å². The van der Waals surface area contributed by atoms with Gasteiger partial charge in [0, 0.05) is 6.42 Å². The molecule has 1 heterocycles. The van der Waals surface area contributed by atoms with Crippen molar-refractivity contribution in [2.45, 2.75) is 32.9 Å². The van der Waals surface area contributed by atoms with Crippen LogP contribution in [0.1, 0.15) is 17.0 Å². The molecule has 0 aliphatic heterocycles. The number of aliphatic hydroxyl groups excluding tert-OH is 2. The molecule has 2 aromatic rings. The number of nitrogens with two attached hydrogens (primary N) is 1. The lowest BCUT2D eigenvalue weighted by molar-refractivity contribution is 0.0814. The molecule has 0 aliphatic carbocycles. The molecule has 1 atom stereocenters. The number of aryl methyl sites for hydroxylation is 2. The van der Waals surface area contributed by atoms with Gasteiger partial charge in [0.05, 0.1) is 30.3 Å². The number of hydrogen-bond donors (Lipinski definition) is 3. The van der Waals surface area contributed by atoms with E-state index >= 15 is 0 Å². The number of rotatable bonds is 5. The Bertz CT molecular complexity index is 578. The Kier molecular flexibility index (Phi) is 4.19. The third kappa shape index (κ3) is 2.78. The van der Waals surface area contributed by atoms with Crippen molar-refractivity contribution in [2.24, 2.45) is 5.73 Å². The van der Waals surface area contributed by atoms with Crippen LogP contribution in [0.25, 0.3) is 11.0 Å². The summed E-state index contributed by atoms with van der Waals surface area (Å²) < 4.78 is 1.95. The van der Waals surface area contributed by atoms with Crippen molar-refractivity contribution in [1.29, 1.82) is 0 Å². The van der Waals surface area contributed by atoms with Crippen molar-refractivity contribution in [3.8, 4) is 0 Å². The van der Waals surface area contributed by atoms with Crippen LogP contribution in [0.15, 0.2) is 12.1 Å². The quantitative estimate of drug-likeness (QED) is 0.733. The van der Waals surface area contributed by atoms with Crippen LogP contribution in [0, 0.1) is 13.8 Å². The molecule has 104 valence electrons. The van der Waals surface area contributed by atoms with Crippen molar-refractivity contribution in [3.63, 3.8) is 0 Å². The largest absolute Gasteiger partial charge is 0.394 e. The number of aliphatic hydroxyl groups is 2. The van der Waals surface area contributed by atoms with E-state index in [1.807, 2.05) is 10.6 Å². The van der Waals surface area contributed by atoms with Crippen LogP contribution in [0.3, 0.4) is 0 Å². The second kappa shape index (κ2) is 5.69. The summed E-state index contributed by atoms with van der Waals surface area (Å²) in [7, 11) is 0. The van der Waals surface area contributed by atoms with Crippen molar-refractivity contribution in [1.82, 2.24) is 9.55 Å². The minimum absolute atomic E-state index is 0.257. The van der Waals surface area contributed by atoms with Gasteiger partial charge in [-0.15, -0.1) is 0 Å². The lowest BCUT2D eigenvalue weighted by Crippen LogP contribution is -2.22. The molecular formula is C14H21N3O2. The Labute approximate surface area is 112 Å². The summed E-state index contributed by atoms with van der Waals surface area (Å²) >= 11 is 0. The van der Waals surface area contributed by atoms with Gasteiger partial charge in [-0.25, -0.2) is 4.98 Å². The van der Waals surface area contributed by atoms with E-state index in [9.17, 15) is 5.11 Å². The third-order valence-corrected chi connectivity index (χ3v) is 3.41. The van der Waals surface area contributed by atoms with E-state index in [0.717, 1.165) is 16.9 Å². The standard InChI is InChI=1S/C14H21N3O2/c1-9-5-12-13(6-10(9)2)17(7-11(19)8-18)14(16-12)3-4-15/h5-6,11,18-19H,3-4,7-8,15H2,1-2H3. The molecule has 2 rings (SSSR count). The molecule has 1 aromatic carbocycles. The Morgan fingerprint density at radius 2 is 2.00 bits per heavy atom. The Balaban J connectivity index is 2.55. The molecule has 1 unspecified atom stereocenters. The highest BCUT2D eigenvalue weighted by atomic mass is 16.3. The van der Waals surface area contributed by atoms with E-state index in [1.54, 1.807) is 0 Å². The first-order valence-corrected chi connectivity index (χ1v) is 6.52. The van der Waals surface area contributed by atoms with Gasteiger partial charge in [-0.2, -0.15) is 0 Å². The van der Waals surface area contributed by atoms with Crippen LogP contribution in [0.4, 0.5) is 0 Å².